The molecule has 4 heteroatoms. The SMILES string of the molecule is O=C(O)c1ccc2c(-c3cccc(Cl)c3)c[nH]c2c1. The lowest BCUT2D eigenvalue weighted by molar-refractivity contribution is 0.0697. The number of rotatable bonds is 2. The number of nitrogens with one attached hydrogen (secondary N) is 1. The van der Waals surface area contributed by atoms with E-state index < -0.39 is 5.97 Å². The summed E-state index contributed by atoms with van der Waals surface area (Å²) in [5, 5.41) is 10.6. The number of aromatic nitrogens is 1. The number of H-pyrrole nitrogens is 1. The molecule has 0 bridgehead atoms. The van der Waals surface area contributed by atoms with Crippen molar-refractivity contribution in [3.63, 3.8) is 0 Å². The molecule has 0 aliphatic heterocycles. The summed E-state index contributed by atoms with van der Waals surface area (Å²) in [5.74, 6) is -0.930. The molecule has 3 nitrogen and oxygen atoms in total. The lowest BCUT2D eigenvalue weighted by Crippen LogP contribution is -1.94. The van der Waals surface area contributed by atoms with E-state index in [-0.39, 0.29) is 5.56 Å². The highest BCUT2D eigenvalue weighted by Crippen LogP contribution is 2.30. The second-order valence-electron chi connectivity index (χ2n) is 4.28. The number of aromatic amines is 1. The Labute approximate surface area is 114 Å². The van der Waals surface area contributed by atoms with Gasteiger partial charge >= 0.3 is 5.97 Å². The molecule has 0 atom stereocenters. The number of benzene rings is 2. The second kappa shape index (κ2) is 4.44. The Hall–Kier alpha value is -2.26. The third-order valence-electron chi connectivity index (χ3n) is 3.06. The molecule has 2 N–H and O–H groups in total. The van der Waals surface area contributed by atoms with Crippen molar-refractivity contribution in [2.75, 3.05) is 0 Å². The maximum absolute atomic E-state index is 10.9. The zero-order valence-electron chi connectivity index (χ0n) is 9.85. The molecule has 0 radical (unpaired) electrons. The number of halogens is 1. The van der Waals surface area contributed by atoms with Gasteiger partial charge in [-0.25, -0.2) is 4.79 Å². The maximum atomic E-state index is 10.9. The maximum Gasteiger partial charge on any atom is 0.335 e. The van der Waals surface area contributed by atoms with Crippen molar-refractivity contribution < 1.29 is 9.90 Å². The predicted octanol–water partition coefficient (Wildman–Crippen LogP) is 4.19. The third kappa shape index (κ3) is 2.09. The number of fused-ring (bicyclic) bond motifs is 1. The van der Waals surface area contributed by atoms with Crippen LogP contribution in [0.4, 0.5) is 0 Å². The number of carboxylic acids is 1. The lowest BCUT2D eigenvalue weighted by atomic mass is 10.0. The van der Waals surface area contributed by atoms with Crippen LogP contribution in [0.1, 0.15) is 10.4 Å². The first-order chi connectivity index (χ1) is 9.15. The number of carbonyl (C=O) groups is 1. The van der Waals surface area contributed by atoms with Crippen LogP contribution >= 0.6 is 11.6 Å². The van der Waals surface area contributed by atoms with E-state index in [9.17, 15) is 4.79 Å². The zero-order chi connectivity index (χ0) is 13.4. The topological polar surface area (TPSA) is 53.1 Å². The highest BCUT2D eigenvalue weighted by Gasteiger charge is 2.09. The molecular formula is C15H10ClNO2. The number of hydrogen-bond acceptors (Lipinski definition) is 1. The van der Waals surface area contributed by atoms with Gasteiger partial charge in [0, 0.05) is 27.7 Å². The molecule has 0 aliphatic carbocycles. The monoisotopic (exact) mass is 271 g/mol. The van der Waals surface area contributed by atoms with Crippen LogP contribution in [-0.4, -0.2) is 16.1 Å². The number of carboxylic acid groups (broad SMARTS) is 1. The van der Waals surface area contributed by atoms with Crippen LogP contribution in [0.5, 0.6) is 0 Å². The van der Waals surface area contributed by atoms with E-state index in [1.54, 1.807) is 12.1 Å². The molecule has 1 aromatic heterocycles. The van der Waals surface area contributed by atoms with Crippen molar-refractivity contribution in [1.29, 1.82) is 0 Å². The zero-order valence-corrected chi connectivity index (χ0v) is 10.6. The molecule has 1 heterocycles. The Morgan fingerprint density at radius 3 is 2.74 bits per heavy atom. The highest BCUT2D eigenvalue weighted by atomic mass is 35.5. The van der Waals surface area contributed by atoms with Gasteiger partial charge < -0.3 is 10.1 Å². The standard InChI is InChI=1S/C15H10ClNO2/c16-11-3-1-2-9(6-11)13-8-17-14-7-10(15(18)19)4-5-12(13)14/h1-8,17H,(H,18,19). The summed E-state index contributed by atoms with van der Waals surface area (Å²) in [6.07, 6.45) is 1.86. The van der Waals surface area contributed by atoms with Gasteiger partial charge in [0.05, 0.1) is 5.56 Å². The van der Waals surface area contributed by atoms with Crippen molar-refractivity contribution in [2.45, 2.75) is 0 Å². The fourth-order valence-electron chi connectivity index (χ4n) is 2.15. The van der Waals surface area contributed by atoms with Crippen LogP contribution in [0, 0.1) is 0 Å². The van der Waals surface area contributed by atoms with E-state index >= 15 is 0 Å². The molecule has 94 valence electrons. The van der Waals surface area contributed by atoms with Crippen molar-refractivity contribution in [3.05, 3.63) is 59.2 Å². The normalized spacial score (nSPS) is 10.8. The van der Waals surface area contributed by atoms with Crippen LogP contribution in [0.15, 0.2) is 48.7 Å². The summed E-state index contributed by atoms with van der Waals surface area (Å²) in [6, 6.07) is 12.6. The molecule has 19 heavy (non-hydrogen) atoms. The summed E-state index contributed by atoms with van der Waals surface area (Å²) in [5.41, 5.74) is 3.08. The predicted molar refractivity (Wildman–Crippen MR) is 75.7 cm³/mol. The number of hydrogen-bond donors (Lipinski definition) is 2. The van der Waals surface area contributed by atoms with E-state index in [0.717, 1.165) is 22.0 Å². The number of aromatic carboxylic acids is 1. The molecule has 0 spiro atoms. The fourth-order valence-corrected chi connectivity index (χ4v) is 2.34. The first-order valence-electron chi connectivity index (χ1n) is 5.75. The Kier molecular flexibility index (Phi) is 2.76. The first-order valence-corrected chi connectivity index (χ1v) is 6.13. The molecule has 0 aliphatic rings. The van der Waals surface area contributed by atoms with Gasteiger partial charge in [0.2, 0.25) is 0 Å². The minimum atomic E-state index is -0.930. The Bertz CT molecular complexity index is 777. The second-order valence-corrected chi connectivity index (χ2v) is 4.71. The molecule has 2 aromatic carbocycles. The Morgan fingerprint density at radius 1 is 1.16 bits per heavy atom. The van der Waals surface area contributed by atoms with Crippen LogP contribution in [0.2, 0.25) is 5.02 Å². The van der Waals surface area contributed by atoms with Gasteiger partial charge in [-0.3, -0.25) is 0 Å². The average molecular weight is 272 g/mol. The summed E-state index contributed by atoms with van der Waals surface area (Å²) in [7, 11) is 0. The van der Waals surface area contributed by atoms with E-state index in [4.69, 9.17) is 16.7 Å². The average Bonchev–Trinajstić information content (AvgIpc) is 2.81. The summed E-state index contributed by atoms with van der Waals surface area (Å²) < 4.78 is 0. The Morgan fingerprint density at radius 2 is 2.00 bits per heavy atom. The molecule has 0 saturated heterocycles. The molecule has 3 aromatic rings. The van der Waals surface area contributed by atoms with Crippen molar-refractivity contribution in [2.24, 2.45) is 0 Å². The van der Waals surface area contributed by atoms with Gasteiger partial charge in [-0.2, -0.15) is 0 Å². The van der Waals surface area contributed by atoms with Gasteiger partial charge in [0.15, 0.2) is 0 Å². The minimum Gasteiger partial charge on any atom is -0.478 e. The van der Waals surface area contributed by atoms with Gasteiger partial charge in [-0.05, 0) is 29.8 Å². The molecular weight excluding hydrogens is 262 g/mol. The van der Waals surface area contributed by atoms with Gasteiger partial charge in [-0.15, -0.1) is 0 Å². The summed E-state index contributed by atoms with van der Waals surface area (Å²) >= 11 is 5.99. The molecule has 0 unspecified atom stereocenters. The van der Waals surface area contributed by atoms with E-state index in [2.05, 4.69) is 4.98 Å². The van der Waals surface area contributed by atoms with E-state index in [1.165, 1.54) is 0 Å². The van der Waals surface area contributed by atoms with Gasteiger partial charge in [0.1, 0.15) is 0 Å². The summed E-state index contributed by atoms with van der Waals surface area (Å²) in [4.78, 5) is 14.0. The third-order valence-corrected chi connectivity index (χ3v) is 3.30. The molecule has 0 amide bonds. The van der Waals surface area contributed by atoms with Crippen LogP contribution < -0.4 is 0 Å². The summed E-state index contributed by atoms with van der Waals surface area (Å²) in [6.45, 7) is 0. The van der Waals surface area contributed by atoms with Crippen LogP contribution in [-0.2, 0) is 0 Å². The van der Waals surface area contributed by atoms with E-state index in [0.29, 0.717) is 5.02 Å². The fraction of sp³-hybridized carbons (Fsp3) is 0. The largest absolute Gasteiger partial charge is 0.478 e. The smallest absolute Gasteiger partial charge is 0.335 e. The van der Waals surface area contributed by atoms with Gasteiger partial charge in [-0.1, -0.05) is 29.8 Å². The van der Waals surface area contributed by atoms with Crippen molar-refractivity contribution in [1.82, 2.24) is 4.98 Å². The molecule has 3 rings (SSSR count). The quantitative estimate of drug-likeness (QED) is 0.734. The van der Waals surface area contributed by atoms with Crippen molar-refractivity contribution >= 4 is 28.5 Å². The van der Waals surface area contributed by atoms with Crippen molar-refractivity contribution in [3.8, 4) is 11.1 Å². The van der Waals surface area contributed by atoms with E-state index in [1.807, 2.05) is 36.5 Å². The Balaban J connectivity index is 2.18. The first kappa shape index (κ1) is 11.8. The molecule has 0 saturated carbocycles. The van der Waals surface area contributed by atoms with Crippen LogP contribution in [0.3, 0.4) is 0 Å². The minimum absolute atomic E-state index is 0.270. The highest BCUT2D eigenvalue weighted by molar-refractivity contribution is 6.30. The van der Waals surface area contributed by atoms with Gasteiger partial charge in [0.25, 0.3) is 0 Å². The van der Waals surface area contributed by atoms with Crippen LogP contribution in [0.25, 0.3) is 22.0 Å². The lowest BCUT2D eigenvalue weighted by Gasteiger charge is -2.01. The molecule has 0 fully saturated rings.